The highest BCUT2D eigenvalue weighted by Crippen LogP contribution is 2.24. The lowest BCUT2D eigenvalue weighted by atomic mass is 10.1. The first kappa shape index (κ1) is 9.45. The highest BCUT2D eigenvalue weighted by Gasteiger charge is 2.11. The SMILES string of the molecule is Oc1c(F)ccc(F)c1CCBr. The maximum absolute atomic E-state index is 12.9. The van der Waals surface area contributed by atoms with Crippen molar-refractivity contribution in [1.82, 2.24) is 0 Å². The molecule has 0 bridgehead atoms. The van der Waals surface area contributed by atoms with Crippen LogP contribution in [0.25, 0.3) is 0 Å². The standard InChI is InChI=1S/C8H7BrF2O/c9-4-3-5-6(10)1-2-7(11)8(5)12/h1-2,12H,3-4H2. The summed E-state index contributed by atoms with van der Waals surface area (Å²) in [5.41, 5.74) is 0.0203. The van der Waals surface area contributed by atoms with E-state index in [0.717, 1.165) is 12.1 Å². The van der Waals surface area contributed by atoms with Gasteiger partial charge in [-0.25, -0.2) is 8.78 Å². The third-order valence-electron chi connectivity index (χ3n) is 1.52. The van der Waals surface area contributed by atoms with Gasteiger partial charge in [-0.05, 0) is 18.6 Å². The van der Waals surface area contributed by atoms with Gasteiger partial charge in [-0.1, -0.05) is 15.9 Å². The van der Waals surface area contributed by atoms with Crippen molar-refractivity contribution in [3.8, 4) is 5.75 Å². The fourth-order valence-electron chi connectivity index (χ4n) is 0.915. The summed E-state index contributed by atoms with van der Waals surface area (Å²) in [7, 11) is 0. The summed E-state index contributed by atoms with van der Waals surface area (Å²) in [5.74, 6) is -1.95. The number of rotatable bonds is 2. The van der Waals surface area contributed by atoms with Gasteiger partial charge in [-0.2, -0.15) is 0 Å². The summed E-state index contributed by atoms with van der Waals surface area (Å²) in [4.78, 5) is 0. The molecule has 0 radical (unpaired) electrons. The Balaban J connectivity index is 3.14. The normalized spacial score (nSPS) is 10.2. The van der Waals surface area contributed by atoms with Gasteiger partial charge in [0.25, 0.3) is 0 Å². The van der Waals surface area contributed by atoms with Crippen LogP contribution in [0.2, 0.25) is 0 Å². The van der Waals surface area contributed by atoms with Crippen LogP contribution in [0.5, 0.6) is 5.75 Å². The van der Waals surface area contributed by atoms with Crippen LogP contribution in [0.4, 0.5) is 8.78 Å². The number of hydrogen-bond donors (Lipinski definition) is 1. The molecule has 1 N–H and O–H groups in total. The Hall–Kier alpha value is -0.640. The van der Waals surface area contributed by atoms with Crippen LogP contribution in [0.15, 0.2) is 12.1 Å². The van der Waals surface area contributed by atoms with Gasteiger partial charge in [-0.15, -0.1) is 0 Å². The zero-order chi connectivity index (χ0) is 9.14. The Labute approximate surface area is 77.2 Å². The smallest absolute Gasteiger partial charge is 0.165 e. The van der Waals surface area contributed by atoms with E-state index < -0.39 is 17.4 Å². The maximum Gasteiger partial charge on any atom is 0.165 e. The zero-order valence-corrected chi connectivity index (χ0v) is 7.74. The van der Waals surface area contributed by atoms with Crippen molar-refractivity contribution in [2.75, 3.05) is 5.33 Å². The average Bonchev–Trinajstić information content (AvgIpc) is 2.06. The largest absolute Gasteiger partial charge is 0.505 e. The van der Waals surface area contributed by atoms with Crippen LogP contribution in [-0.2, 0) is 6.42 Å². The van der Waals surface area contributed by atoms with Gasteiger partial charge in [-0.3, -0.25) is 0 Å². The Morgan fingerprint density at radius 2 is 1.83 bits per heavy atom. The average molecular weight is 237 g/mol. The molecular weight excluding hydrogens is 230 g/mol. The number of halogens is 3. The van der Waals surface area contributed by atoms with Gasteiger partial charge in [0.15, 0.2) is 11.6 Å². The monoisotopic (exact) mass is 236 g/mol. The van der Waals surface area contributed by atoms with E-state index in [9.17, 15) is 8.78 Å². The first-order chi connectivity index (χ1) is 5.66. The lowest BCUT2D eigenvalue weighted by Gasteiger charge is -2.03. The molecular formula is C8H7BrF2O. The van der Waals surface area contributed by atoms with Crippen LogP contribution in [0.3, 0.4) is 0 Å². The van der Waals surface area contributed by atoms with E-state index in [0.29, 0.717) is 5.33 Å². The highest BCUT2D eigenvalue weighted by molar-refractivity contribution is 9.09. The minimum atomic E-state index is -0.785. The van der Waals surface area contributed by atoms with E-state index in [4.69, 9.17) is 5.11 Å². The molecule has 0 unspecified atom stereocenters. The summed E-state index contributed by atoms with van der Waals surface area (Å²) < 4.78 is 25.5. The van der Waals surface area contributed by atoms with Crippen LogP contribution in [0.1, 0.15) is 5.56 Å². The molecule has 1 nitrogen and oxygen atoms in total. The van der Waals surface area contributed by atoms with Gasteiger partial charge in [0, 0.05) is 10.9 Å². The van der Waals surface area contributed by atoms with E-state index in [-0.39, 0.29) is 12.0 Å². The zero-order valence-electron chi connectivity index (χ0n) is 6.15. The molecule has 0 aromatic heterocycles. The molecule has 0 heterocycles. The van der Waals surface area contributed by atoms with E-state index in [2.05, 4.69) is 15.9 Å². The van der Waals surface area contributed by atoms with Crippen LogP contribution in [0, 0.1) is 11.6 Å². The molecule has 0 amide bonds. The molecule has 0 aliphatic carbocycles. The Bertz CT molecular complexity index is 289. The maximum atomic E-state index is 12.9. The first-order valence-corrected chi connectivity index (χ1v) is 4.50. The molecule has 1 aromatic rings. The highest BCUT2D eigenvalue weighted by atomic mass is 79.9. The minimum Gasteiger partial charge on any atom is -0.505 e. The second kappa shape index (κ2) is 3.85. The lowest BCUT2D eigenvalue weighted by Crippen LogP contribution is -1.94. The fraction of sp³-hybridized carbons (Fsp3) is 0.250. The number of phenols is 1. The van der Waals surface area contributed by atoms with E-state index >= 15 is 0 Å². The second-order valence-corrected chi connectivity index (χ2v) is 3.09. The molecule has 0 saturated heterocycles. The van der Waals surface area contributed by atoms with Crippen molar-refractivity contribution in [3.05, 3.63) is 29.3 Å². The molecule has 1 aromatic carbocycles. The number of alkyl halides is 1. The van der Waals surface area contributed by atoms with E-state index in [1.54, 1.807) is 0 Å². The van der Waals surface area contributed by atoms with Crippen molar-refractivity contribution in [2.24, 2.45) is 0 Å². The quantitative estimate of drug-likeness (QED) is 0.784. The molecule has 1 rings (SSSR count). The molecule has 66 valence electrons. The number of phenolic OH excluding ortho intramolecular Hbond substituents is 1. The van der Waals surface area contributed by atoms with Gasteiger partial charge >= 0.3 is 0 Å². The lowest BCUT2D eigenvalue weighted by molar-refractivity contribution is 0.418. The Morgan fingerprint density at radius 1 is 1.25 bits per heavy atom. The summed E-state index contributed by atoms with van der Waals surface area (Å²) >= 11 is 3.08. The molecule has 0 saturated carbocycles. The number of benzene rings is 1. The number of hydrogen-bond acceptors (Lipinski definition) is 1. The van der Waals surface area contributed by atoms with Gasteiger partial charge in [0.1, 0.15) is 5.82 Å². The topological polar surface area (TPSA) is 20.2 Å². The molecule has 4 heteroatoms. The fourth-order valence-corrected chi connectivity index (χ4v) is 1.31. The second-order valence-electron chi connectivity index (χ2n) is 2.30. The van der Waals surface area contributed by atoms with Crippen molar-refractivity contribution < 1.29 is 13.9 Å². The summed E-state index contributed by atoms with van der Waals surface area (Å²) in [5, 5.41) is 9.56. The molecule has 0 fully saturated rings. The molecule has 0 spiro atoms. The third-order valence-corrected chi connectivity index (χ3v) is 1.92. The molecule has 0 aliphatic heterocycles. The number of aromatic hydroxyl groups is 1. The van der Waals surface area contributed by atoms with Crippen molar-refractivity contribution >= 4 is 15.9 Å². The molecule has 0 aliphatic rings. The first-order valence-electron chi connectivity index (χ1n) is 3.38. The molecule has 12 heavy (non-hydrogen) atoms. The van der Waals surface area contributed by atoms with Gasteiger partial charge in [0.05, 0.1) is 0 Å². The van der Waals surface area contributed by atoms with Crippen molar-refractivity contribution in [2.45, 2.75) is 6.42 Å². The van der Waals surface area contributed by atoms with Gasteiger partial charge in [0.2, 0.25) is 0 Å². The van der Waals surface area contributed by atoms with Crippen LogP contribution >= 0.6 is 15.9 Å². The predicted octanol–water partition coefficient (Wildman–Crippen LogP) is 2.61. The minimum absolute atomic E-state index is 0.0203. The van der Waals surface area contributed by atoms with E-state index in [1.165, 1.54) is 0 Å². The van der Waals surface area contributed by atoms with Crippen LogP contribution in [-0.4, -0.2) is 10.4 Å². The summed E-state index contributed by atoms with van der Waals surface area (Å²) in [6, 6.07) is 1.91. The van der Waals surface area contributed by atoms with E-state index in [1.807, 2.05) is 0 Å². The van der Waals surface area contributed by atoms with Crippen molar-refractivity contribution in [3.63, 3.8) is 0 Å². The van der Waals surface area contributed by atoms with Gasteiger partial charge < -0.3 is 5.11 Å². The Kier molecular flexibility index (Phi) is 3.03. The summed E-state index contributed by atoms with van der Waals surface area (Å²) in [6.45, 7) is 0. The third kappa shape index (κ3) is 1.75. The summed E-state index contributed by atoms with van der Waals surface area (Å²) in [6.07, 6.45) is 0.273. The van der Waals surface area contributed by atoms with Crippen LogP contribution < -0.4 is 0 Å². The van der Waals surface area contributed by atoms with Crippen molar-refractivity contribution in [1.29, 1.82) is 0 Å². The Morgan fingerprint density at radius 3 is 2.42 bits per heavy atom. The molecule has 0 atom stereocenters. The predicted molar refractivity (Wildman–Crippen MR) is 45.5 cm³/mol.